The van der Waals surface area contributed by atoms with Gasteiger partial charge < -0.3 is 14.4 Å². The Labute approximate surface area is 126 Å². The summed E-state index contributed by atoms with van der Waals surface area (Å²) in [6.07, 6.45) is -1.08. The molecule has 124 valence electrons. The normalized spacial score (nSPS) is 11.7. The fourth-order valence-electron chi connectivity index (χ4n) is 2.07. The minimum absolute atomic E-state index is 0.288. The molecule has 0 radical (unpaired) electrons. The molecule has 0 saturated heterocycles. The lowest BCUT2D eigenvalue weighted by atomic mass is 10.0. The molecule has 2 rings (SSSR count). The minimum atomic E-state index is -1.85. The van der Waals surface area contributed by atoms with E-state index in [2.05, 4.69) is 4.74 Å². The third kappa shape index (κ3) is 2.86. The Kier molecular flexibility index (Phi) is 4.31. The highest BCUT2D eigenvalue weighted by Crippen LogP contribution is 2.27. The van der Waals surface area contributed by atoms with Gasteiger partial charge in [-0.1, -0.05) is 0 Å². The number of pyridine rings is 1. The fourth-order valence-corrected chi connectivity index (χ4v) is 2.07. The van der Waals surface area contributed by atoms with E-state index < -0.39 is 53.2 Å². The van der Waals surface area contributed by atoms with Crippen LogP contribution in [-0.2, 0) is 5.54 Å². The molecule has 1 aromatic carbocycles. The van der Waals surface area contributed by atoms with Crippen molar-refractivity contribution >= 4 is 17.1 Å². The number of alkyl halides is 2. The first-order valence-corrected chi connectivity index (χ1v) is 6.31. The largest absolute Gasteiger partial charge is 0.511 e. The third-order valence-electron chi connectivity index (χ3n) is 3.37. The van der Waals surface area contributed by atoms with Crippen LogP contribution in [0.15, 0.2) is 23.1 Å². The van der Waals surface area contributed by atoms with Crippen LogP contribution >= 0.6 is 0 Å². The van der Waals surface area contributed by atoms with Gasteiger partial charge in [-0.3, -0.25) is 4.79 Å². The molecule has 5 nitrogen and oxygen atoms in total. The van der Waals surface area contributed by atoms with E-state index in [1.165, 1.54) is 0 Å². The summed E-state index contributed by atoms with van der Waals surface area (Å²) in [7, 11) is 0. The van der Waals surface area contributed by atoms with E-state index in [1.54, 1.807) is 0 Å². The number of ether oxygens (including phenoxy) is 1. The molecule has 0 spiro atoms. The van der Waals surface area contributed by atoms with Crippen LogP contribution in [0.1, 0.15) is 6.92 Å². The van der Waals surface area contributed by atoms with Crippen molar-refractivity contribution in [3.05, 3.63) is 40.2 Å². The zero-order chi connectivity index (χ0) is 17.4. The Morgan fingerprint density at radius 1 is 1.26 bits per heavy atom. The quantitative estimate of drug-likeness (QED) is 0.690. The van der Waals surface area contributed by atoms with Crippen molar-refractivity contribution in [3.63, 3.8) is 0 Å². The molecule has 0 bridgehead atoms. The van der Waals surface area contributed by atoms with Gasteiger partial charge in [-0.05, 0) is 13.0 Å². The van der Waals surface area contributed by atoms with E-state index in [4.69, 9.17) is 5.11 Å². The molecular formula is C14H11F4NO4. The van der Waals surface area contributed by atoms with Crippen molar-refractivity contribution in [2.24, 2.45) is 0 Å². The Morgan fingerprint density at radius 3 is 2.35 bits per heavy atom. The topological polar surface area (TPSA) is 68.5 Å². The predicted molar refractivity (Wildman–Crippen MR) is 72.4 cm³/mol. The molecule has 0 aliphatic heterocycles. The van der Waals surface area contributed by atoms with Crippen LogP contribution in [-0.4, -0.2) is 29.2 Å². The van der Waals surface area contributed by atoms with E-state index in [0.717, 1.165) is 17.7 Å². The molecule has 23 heavy (non-hydrogen) atoms. The number of nitrogens with zero attached hydrogens (tertiary/aromatic N) is 1. The highest BCUT2D eigenvalue weighted by atomic mass is 19.2. The molecular weight excluding hydrogens is 322 g/mol. The second-order valence-electron chi connectivity index (χ2n) is 5.11. The van der Waals surface area contributed by atoms with Crippen LogP contribution in [0, 0.1) is 11.6 Å². The molecule has 0 aliphatic carbocycles. The van der Waals surface area contributed by atoms with Crippen LogP contribution in [0.25, 0.3) is 10.9 Å². The van der Waals surface area contributed by atoms with E-state index in [-0.39, 0.29) is 5.52 Å². The minimum Gasteiger partial charge on any atom is -0.449 e. The van der Waals surface area contributed by atoms with Gasteiger partial charge in [0.1, 0.15) is 13.3 Å². The Bertz CT molecular complexity index is 830. The van der Waals surface area contributed by atoms with Crippen molar-refractivity contribution in [2.45, 2.75) is 12.5 Å². The number of benzene rings is 1. The number of aromatic nitrogens is 1. The van der Waals surface area contributed by atoms with Crippen molar-refractivity contribution in [1.29, 1.82) is 0 Å². The van der Waals surface area contributed by atoms with Gasteiger partial charge in [0.2, 0.25) is 5.43 Å². The number of rotatable bonds is 4. The Morgan fingerprint density at radius 2 is 1.83 bits per heavy atom. The predicted octanol–water partition coefficient (Wildman–Crippen LogP) is 2.99. The van der Waals surface area contributed by atoms with Gasteiger partial charge in [0, 0.05) is 6.07 Å². The standard InChI is InChI=1S/C14H11F4NO4/c1-14(5-15,6-16)19-4-11(23-13(21)22)12(20)7-2-8(17)9(18)3-10(7)19/h2-4H,5-6H2,1H3,(H,21,22). The van der Waals surface area contributed by atoms with Gasteiger partial charge in [0.25, 0.3) is 0 Å². The van der Waals surface area contributed by atoms with E-state index in [9.17, 15) is 27.2 Å². The van der Waals surface area contributed by atoms with Crippen molar-refractivity contribution in [3.8, 4) is 5.75 Å². The number of carbonyl (C=O) groups is 1. The molecule has 0 saturated carbocycles. The Balaban J connectivity index is 2.93. The van der Waals surface area contributed by atoms with Crippen LogP contribution < -0.4 is 10.2 Å². The van der Waals surface area contributed by atoms with Gasteiger partial charge >= 0.3 is 6.16 Å². The summed E-state index contributed by atoms with van der Waals surface area (Å²) in [6.45, 7) is -1.36. The summed E-state index contributed by atoms with van der Waals surface area (Å²) in [4.78, 5) is 22.7. The van der Waals surface area contributed by atoms with Crippen LogP contribution in [0.3, 0.4) is 0 Å². The lowest BCUT2D eigenvalue weighted by Gasteiger charge is -2.28. The summed E-state index contributed by atoms with van der Waals surface area (Å²) >= 11 is 0. The van der Waals surface area contributed by atoms with Gasteiger partial charge in [0.15, 0.2) is 17.4 Å². The molecule has 0 fully saturated rings. The zero-order valence-corrected chi connectivity index (χ0v) is 11.8. The molecule has 2 aromatic rings. The molecule has 9 heteroatoms. The highest BCUT2D eigenvalue weighted by molar-refractivity contribution is 5.81. The number of hydrogen-bond acceptors (Lipinski definition) is 3. The molecule has 0 unspecified atom stereocenters. The maximum atomic E-state index is 13.5. The first kappa shape index (κ1) is 16.8. The second kappa shape index (κ2) is 5.90. The number of fused-ring (bicyclic) bond motifs is 1. The average molecular weight is 333 g/mol. The maximum Gasteiger partial charge on any atom is 0.511 e. The molecule has 0 atom stereocenters. The second-order valence-corrected chi connectivity index (χ2v) is 5.11. The van der Waals surface area contributed by atoms with Gasteiger partial charge in [-0.25, -0.2) is 22.4 Å². The molecule has 0 amide bonds. The summed E-state index contributed by atoms with van der Waals surface area (Å²) in [5.41, 5.74) is -3.19. The van der Waals surface area contributed by atoms with E-state index in [0.29, 0.717) is 12.1 Å². The monoisotopic (exact) mass is 333 g/mol. The smallest absolute Gasteiger partial charge is 0.449 e. The van der Waals surface area contributed by atoms with Crippen molar-refractivity contribution in [1.82, 2.24) is 4.57 Å². The summed E-state index contributed by atoms with van der Waals surface area (Å²) < 4.78 is 58.5. The van der Waals surface area contributed by atoms with Gasteiger partial charge in [0.05, 0.1) is 22.6 Å². The maximum absolute atomic E-state index is 13.5. The summed E-state index contributed by atoms with van der Waals surface area (Å²) in [6, 6.07) is 1.13. The fraction of sp³-hybridized carbons (Fsp3) is 0.286. The molecule has 1 aromatic heterocycles. The lowest BCUT2D eigenvalue weighted by Crippen LogP contribution is -2.36. The van der Waals surface area contributed by atoms with Gasteiger partial charge in [-0.2, -0.15) is 0 Å². The first-order chi connectivity index (χ1) is 10.7. The lowest BCUT2D eigenvalue weighted by molar-refractivity contribution is 0.142. The first-order valence-electron chi connectivity index (χ1n) is 6.31. The molecule has 0 aliphatic rings. The SMILES string of the molecule is CC(CF)(CF)n1cc(OC(=O)O)c(=O)c2cc(F)c(F)cc21. The zero-order valence-electron chi connectivity index (χ0n) is 11.8. The number of halogens is 4. The van der Waals surface area contributed by atoms with Crippen LogP contribution in [0.2, 0.25) is 0 Å². The number of hydrogen-bond donors (Lipinski definition) is 1. The Hall–Kier alpha value is -2.58. The van der Waals surface area contributed by atoms with E-state index >= 15 is 0 Å². The molecule has 1 N–H and O–H groups in total. The third-order valence-corrected chi connectivity index (χ3v) is 3.37. The number of carboxylic acid groups (broad SMARTS) is 1. The molecule has 1 heterocycles. The highest BCUT2D eigenvalue weighted by Gasteiger charge is 2.30. The van der Waals surface area contributed by atoms with Crippen molar-refractivity contribution in [2.75, 3.05) is 13.3 Å². The van der Waals surface area contributed by atoms with Crippen LogP contribution in [0.4, 0.5) is 22.4 Å². The summed E-state index contributed by atoms with van der Waals surface area (Å²) in [5.74, 6) is -3.46. The van der Waals surface area contributed by atoms with E-state index in [1.807, 2.05) is 0 Å². The van der Waals surface area contributed by atoms with Gasteiger partial charge in [-0.15, -0.1) is 0 Å². The summed E-state index contributed by atoms with van der Waals surface area (Å²) in [5, 5.41) is 8.16. The van der Waals surface area contributed by atoms with Crippen LogP contribution in [0.5, 0.6) is 5.75 Å². The average Bonchev–Trinajstić information content (AvgIpc) is 2.51. The van der Waals surface area contributed by atoms with Crippen molar-refractivity contribution < 1.29 is 32.2 Å².